The molecule has 4 rings (SSSR count). The minimum Gasteiger partial charge on any atom is -0.321 e. The van der Waals surface area contributed by atoms with Gasteiger partial charge in [0.05, 0.1) is 9.82 Å². The Morgan fingerprint density at radius 1 is 0.947 bits per heavy atom. The van der Waals surface area contributed by atoms with E-state index in [1.54, 1.807) is 35.7 Å². The number of amides is 2. The second-order valence-corrected chi connectivity index (χ2v) is 10.2. The maximum absolute atomic E-state index is 13.1. The average Bonchev–Trinajstić information content (AvgIpc) is 3.41. The van der Waals surface area contributed by atoms with Crippen molar-refractivity contribution in [1.82, 2.24) is 10.3 Å². The molecule has 0 aliphatic carbocycles. The number of carbonyl (C=O) groups excluding carboxylic acids is 2. The normalized spacial score (nSPS) is 11.4. The van der Waals surface area contributed by atoms with E-state index in [0.29, 0.717) is 11.1 Å². The number of nitrogens with zero attached hydrogens (tertiary/aromatic N) is 2. The largest absolute Gasteiger partial charge is 0.321 e. The lowest BCUT2D eigenvalue weighted by molar-refractivity contribution is -0.384. The predicted octanol–water partition coefficient (Wildman–Crippen LogP) is 4.26. The van der Waals surface area contributed by atoms with E-state index in [0.717, 1.165) is 11.3 Å². The molecule has 2 amide bonds. The number of non-ortho nitro benzene ring substituents is 1. The summed E-state index contributed by atoms with van der Waals surface area (Å²) in [7, 11) is -3.87. The van der Waals surface area contributed by atoms with Gasteiger partial charge >= 0.3 is 0 Å². The van der Waals surface area contributed by atoms with Crippen molar-refractivity contribution in [2.75, 3.05) is 10.0 Å². The Morgan fingerprint density at radius 3 is 2.24 bits per heavy atom. The van der Waals surface area contributed by atoms with Crippen molar-refractivity contribution in [3.63, 3.8) is 0 Å². The van der Waals surface area contributed by atoms with Crippen molar-refractivity contribution >= 4 is 55.8 Å². The van der Waals surface area contributed by atoms with Crippen LogP contribution in [0.3, 0.4) is 0 Å². The number of thiazole rings is 1. The van der Waals surface area contributed by atoms with Crippen LogP contribution in [0.5, 0.6) is 0 Å². The zero-order chi connectivity index (χ0) is 27.1. The number of nitro groups is 1. The van der Waals surface area contributed by atoms with Crippen molar-refractivity contribution in [2.45, 2.75) is 4.90 Å². The zero-order valence-corrected chi connectivity index (χ0v) is 21.0. The van der Waals surface area contributed by atoms with Gasteiger partial charge in [0.1, 0.15) is 5.70 Å². The fourth-order valence-corrected chi connectivity index (χ4v) is 4.95. The standard InChI is InChI=1S/C25H19N5O6S2/c31-23(18-4-2-1-3-5-18)28-22(16-17-6-10-20(11-7-17)30(33)34)24(32)27-19-8-12-21(13-9-19)38(35,36)29-25-26-14-15-37-25/h1-16H,(H,26,29)(H,27,32)(H,28,31)/b22-16-. The first-order valence-corrected chi connectivity index (χ1v) is 13.2. The van der Waals surface area contributed by atoms with E-state index in [1.807, 2.05) is 0 Å². The van der Waals surface area contributed by atoms with Gasteiger partial charge in [-0.1, -0.05) is 18.2 Å². The highest BCUT2D eigenvalue weighted by Crippen LogP contribution is 2.20. The van der Waals surface area contributed by atoms with Gasteiger partial charge in [0.15, 0.2) is 5.13 Å². The number of hydrogen-bond donors (Lipinski definition) is 3. The van der Waals surface area contributed by atoms with Crippen molar-refractivity contribution < 1.29 is 22.9 Å². The first-order valence-electron chi connectivity index (χ1n) is 10.9. The summed E-state index contributed by atoms with van der Waals surface area (Å²) in [5, 5.41) is 18.0. The molecule has 0 saturated carbocycles. The molecular formula is C25H19N5O6S2. The van der Waals surface area contributed by atoms with E-state index in [4.69, 9.17) is 0 Å². The van der Waals surface area contributed by atoms with Gasteiger partial charge in [-0.05, 0) is 60.2 Å². The Kier molecular flexibility index (Phi) is 7.89. The van der Waals surface area contributed by atoms with Gasteiger partial charge in [-0.25, -0.2) is 13.4 Å². The number of nitro benzene ring substituents is 1. The fraction of sp³-hybridized carbons (Fsp3) is 0. The highest BCUT2D eigenvalue weighted by atomic mass is 32.2. The Bertz CT molecular complexity index is 1590. The summed E-state index contributed by atoms with van der Waals surface area (Å²) in [6, 6.07) is 19.1. The second-order valence-electron chi connectivity index (χ2n) is 7.65. The van der Waals surface area contributed by atoms with E-state index in [2.05, 4.69) is 20.3 Å². The van der Waals surface area contributed by atoms with Gasteiger partial charge in [-0.3, -0.25) is 24.4 Å². The molecule has 0 radical (unpaired) electrons. The highest BCUT2D eigenvalue weighted by Gasteiger charge is 2.18. The number of aromatic nitrogens is 1. The molecule has 13 heteroatoms. The van der Waals surface area contributed by atoms with Gasteiger partial charge < -0.3 is 10.6 Å². The SMILES string of the molecule is O=C(Nc1ccc(S(=O)(=O)Nc2nccs2)cc1)/C(=C/c1ccc([N+](=O)[O-])cc1)NC(=O)c1ccccc1. The highest BCUT2D eigenvalue weighted by molar-refractivity contribution is 7.93. The molecule has 38 heavy (non-hydrogen) atoms. The number of sulfonamides is 1. The van der Waals surface area contributed by atoms with E-state index >= 15 is 0 Å². The van der Waals surface area contributed by atoms with Crippen LogP contribution in [0.25, 0.3) is 6.08 Å². The van der Waals surface area contributed by atoms with Crippen LogP contribution in [0.15, 0.2) is 101 Å². The van der Waals surface area contributed by atoms with E-state index in [-0.39, 0.29) is 27.1 Å². The van der Waals surface area contributed by atoms with Crippen LogP contribution in [0.4, 0.5) is 16.5 Å². The van der Waals surface area contributed by atoms with Crippen LogP contribution in [0, 0.1) is 10.1 Å². The van der Waals surface area contributed by atoms with Crippen LogP contribution in [-0.4, -0.2) is 30.1 Å². The molecule has 0 aliphatic rings. The monoisotopic (exact) mass is 549 g/mol. The molecule has 1 heterocycles. The van der Waals surface area contributed by atoms with Gasteiger partial charge in [0.2, 0.25) is 0 Å². The summed E-state index contributed by atoms with van der Waals surface area (Å²) in [6.07, 6.45) is 2.84. The molecule has 0 saturated heterocycles. The Morgan fingerprint density at radius 2 is 1.63 bits per heavy atom. The minimum atomic E-state index is -3.87. The van der Waals surface area contributed by atoms with Gasteiger partial charge in [0, 0.05) is 35.0 Å². The lowest BCUT2D eigenvalue weighted by atomic mass is 10.1. The number of rotatable bonds is 9. The molecular weight excluding hydrogens is 530 g/mol. The third-order valence-corrected chi connectivity index (χ3v) is 7.19. The number of carbonyl (C=O) groups is 2. The summed E-state index contributed by atoms with van der Waals surface area (Å²) in [6.45, 7) is 0. The van der Waals surface area contributed by atoms with Crippen LogP contribution >= 0.6 is 11.3 Å². The first kappa shape index (κ1) is 26.2. The molecule has 3 N–H and O–H groups in total. The number of nitrogens with one attached hydrogen (secondary N) is 3. The molecule has 1 aromatic heterocycles. The second kappa shape index (κ2) is 11.5. The summed E-state index contributed by atoms with van der Waals surface area (Å²) in [4.78, 5) is 40.1. The molecule has 4 aromatic rings. The zero-order valence-electron chi connectivity index (χ0n) is 19.4. The van der Waals surface area contributed by atoms with Gasteiger partial charge in [-0.2, -0.15) is 0 Å². The maximum atomic E-state index is 13.1. The Balaban J connectivity index is 1.55. The van der Waals surface area contributed by atoms with Crippen LogP contribution in [0.1, 0.15) is 15.9 Å². The summed E-state index contributed by atoms with van der Waals surface area (Å²) in [5.74, 6) is -1.23. The molecule has 0 atom stereocenters. The molecule has 0 unspecified atom stereocenters. The predicted molar refractivity (Wildman–Crippen MR) is 143 cm³/mol. The van der Waals surface area contributed by atoms with E-state index in [1.165, 1.54) is 60.8 Å². The van der Waals surface area contributed by atoms with Gasteiger partial charge in [0.25, 0.3) is 27.5 Å². The van der Waals surface area contributed by atoms with Gasteiger partial charge in [-0.15, -0.1) is 11.3 Å². The van der Waals surface area contributed by atoms with Crippen molar-refractivity contribution in [3.8, 4) is 0 Å². The molecule has 0 aliphatic heterocycles. The lowest BCUT2D eigenvalue weighted by Crippen LogP contribution is -2.30. The Labute approximate surface area is 221 Å². The first-order chi connectivity index (χ1) is 18.2. The van der Waals surface area contributed by atoms with Crippen molar-refractivity contribution in [3.05, 3.63) is 117 Å². The van der Waals surface area contributed by atoms with Crippen molar-refractivity contribution in [2.24, 2.45) is 0 Å². The molecule has 3 aromatic carbocycles. The molecule has 0 spiro atoms. The number of benzene rings is 3. The number of hydrogen-bond acceptors (Lipinski definition) is 8. The summed E-state index contributed by atoms with van der Waals surface area (Å²) < 4.78 is 27.4. The molecule has 192 valence electrons. The quantitative estimate of drug-likeness (QED) is 0.160. The maximum Gasteiger partial charge on any atom is 0.272 e. The van der Waals surface area contributed by atoms with Crippen LogP contribution in [-0.2, 0) is 14.8 Å². The van der Waals surface area contributed by atoms with E-state index < -0.39 is 26.8 Å². The minimum absolute atomic E-state index is 0.0373. The summed E-state index contributed by atoms with van der Waals surface area (Å²) in [5.41, 5.74) is 0.767. The Hall–Kier alpha value is -4.88. The van der Waals surface area contributed by atoms with E-state index in [9.17, 15) is 28.1 Å². The molecule has 0 bridgehead atoms. The third kappa shape index (κ3) is 6.66. The van der Waals surface area contributed by atoms with Crippen LogP contribution in [0.2, 0.25) is 0 Å². The molecule has 0 fully saturated rings. The number of anilines is 2. The smallest absolute Gasteiger partial charge is 0.272 e. The lowest BCUT2D eigenvalue weighted by Gasteiger charge is -2.12. The fourth-order valence-electron chi connectivity index (χ4n) is 3.16. The topological polar surface area (TPSA) is 160 Å². The van der Waals surface area contributed by atoms with Crippen LogP contribution < -0.4 is 15.4 Å². The van der Waals surface area contributed by atoms with Crippen molar-refractivity contribution in [1.29, 1.82) is 0 Å². The average molecular weight is 550 g/mol. The third-order valence-electron chi connectivity index (χ3n) is 5.02. The summed E-state index contributed by atoms with van der Waals surface area (Å²) >= 11 is 1.13. The molecule has 11 nitrogen and oxygen atoms in total.